The summed E-state index contributed by atoms with van der Waals surface area (Å²) in [7, 11) is -3.84. The minimum Gasteiger partial charge on any atom is -0.381 e. The maximum Gasteiger partial charge on any atom is 0.245 e. The fourth-order valence-corrected chi connectivity index (χ4v) is 4.95. The van der Waals surface area contributed by atoms with Crippen LogP contribution in [0.5, 0.6) is 0 Å². The number of sulfonamides is 1. The van der Waals surface area contributed by atoms with Crippen molar-refractivity contribution in [1.29, 1.82) is 0 Å². The standard InChI is InChI=1S/C14H14Cl2N2O3S/c15-12-10-3-1-2-4-11(10)17-14(16)13(12)22(19,20)18-9-5-7-21-8-6-9/h1-4,9,18H,5-8H2. The van der Waals surface area contributed by atoms with Gasteiger partial charge in [0, 0.05) is 24.6 Å². The minimum atomic E-state index is -3.84. The van der Waals surface area contributed by atoms with Crippen molar-refractivity contribution in [3.8, 4) is 0 Å². The van der Waals surface area contributed by atoms with Gasteiger partial charge in [0.1, 0.15) is 4.90 Å². The second-order valence-electron chi connectivity index (χ2n) is 5.07. The quantitative estimate of drug-likeness (QED) is 0.854. The summed E-state index contributed by atoms with van der Waals surface area (Å²) >= 11 is 12.4. The van der Waals surface area contributed by atoms with E-state index in [0.717, 1.165) is 0 Å². The second kappa shape index (κ2) is 6.29. The molecule has 1 aromatic carbocycles. The third kappa shape index (κ3) is 3.07. The van der Waals surface area contributed by atoms with Crippen LogP contribution in [0, 0.1) is 0 Å². The van der Waals surface area contributed by atoms with Crippen LogP contribution in [0.3, 0.4) is 0 Å². The summed E-state index contributed by atoms with van der Waals surface area (Å²) in [6.07, 6.45) is 1.24. The van der Waals surface area contributed by atoms with Crippen LogP contribution in [0.4, 0.5) is 0 Å². The highest BCUT2D eigenvalue weighted by atomic mass is 35.5. The van der Waals surface area contributed by atoms with Gasteiger partial charge < -0.3 is 4.74 Å². The second-order valence-corrected chi connectivity index (χ2v) is 7.46. The summed E-state index contributed by atoms with van der Waals surface area (Å²) < 4.78 is 33.1. The highest BCUT2D eigenvalue weighted by molar-refractivity contribution is 7.89. The Kier molecular flexibility index (Phi) is 4.56. The van der Waals surface area contributed by atoms with Crippen LogP contribution in [-0.2, 0) is 14.8 Å². The van der Waals surface area contributed by atoms with Crippen molar-refractivity contribution in [2.24, 2.45) is 0 Å². The first-order chi connectivity index (χ1) is 10.5. The predicted octanol–water partition coefficient (Wildman–Crippen LogP) is 3.00. The van der Waals surface area contributed by atoms with Crippen LogP contribution in [0.2, 0.25) is 10.2 Å². The maximum absolute atomic E-state index is 12.6. The van der Waals surface area contributed by atoms with E-state index in [2.05, 4.69) is 9.71 Å². The molecule has 0 bridgehead atoms. The number of pyridine rings is 1. The monoisotopic (exact) mass is 360 g/mol. The molecule has 1 saturated heterocycles. The van der Waals surface area contributed by atoms with Gasteiger partial charge in [0.25, 0.3) is 0 Å². The van der Waals surface area contributed by atoms with E-state index in [0.29, 0.717) is 37.0 Å². The van der Waals surface area contributed by atoms with E-state index in [1.54, 1.807) is 24.3 Å². The molecule has 1 aromatic heterocycles. The number of aromatic nitrogens is 1. The molecule has 22 heavy (non-hydrogen) atoms. The molecule has 2 heterocycles. The summed E-state index contributed by atoms with van der Waals surface area (Å²) in [5.74, 6) is 0. The van der Waals surface area contributed by atoms with Crippen molar-refractivity contribution >= 4 is 44.1 Å². The number of fused-ring (bicyclic) bond motifs is 1. The molecule has 0 spiro atoms. The Bertz CT molecular complexity index is 805. The first kappa shape index (κ1) is 16.0. The van der Waals surface area contributed by atoms with E-state index in [9.17, 15) is 8.42 Å². The van der Waals surface area contributed by atoms with E-state index in [-0.39, 0.29) is 21.1 Å². The molecule has 1 aliphatic heterocycles. The molecule has 118 valence electrons. The van der Waals surface area contributed by atoms with Crippen LogP contribution < -0.4 is 4.72 Å². The molecule has 1 fully saturated rings. The van der Waals surface area contributed by atoms with Gasteiger partial charge in [-0.05, 0) is 18.9 Å². The van der Waals surface area contributed by atoms with E-state index in [4.69, 9.17) is 27.9 Å². The molecule has 5 nitrogen and oxygen atoms in total. The number of rotatable bonds is 3. The zero-order valence-electron chi connectivity index (χ0n) is 11.6. The number of nitrogens with one attached hydrogen (secondary N) is 1. The van der Waals surface area contributed by atoms with Gasteiger partial charge in [-0.15, -0.1) is 0 Å². The molecule has 0 radical (unpaired) electrons. The average molecular weight is 361 g/mol. The van der Waals surface area contributed by atoms with Crippen molar-refractivity contribution in [3.63, 3.8) is 0 Å². The van der Waals surface area contributed by atoms with Crippen LogP contribution in [0.25, 0.3) is 10.9 Å². The Balaban J connectivity index is 2.04. The Morgan fingerprint density at radius 1 is 1.18 bits per heavy atom. The van der Waals surface area contributed by atoms with Crippen LogP contribution in [-0.4, -0.2) is 32.7 Å². The third-order valence-electron chi connectivity index (χ3n) is 3.56. The van der Waals surface area contributed by atoms with E-state index < -0.39 is 10.0 Å². The van der Waals surface area contributed by atoms with Crippen molar-refractivity contribution in [1.82, 2.24) is 9.71 Å². The molecular weight excluding hydrogens is 347 g/mol. The number of nitrogens with zero attached hydrogens (tertiary/aromatic N) is 1. The zero-order chi connectivity index (χ0) is 15.7. The highest BCUT2D eigenvalue weighted by Crippen LogP contribution is 2.34. The Hall–Kier alpha value is -0.920. The molecule has 8 heteroatoms. The number of hydrogen-bond acceptors (Lipinski definition) is 4. The van der Waals surface area contributed by atoms with Gasteiger partial charge in [-0.3, -0.25) is 0 Å². The summed E-state index contributed by atoms with van der Waals surface area (Å²) in [6.45, 7) is 1.06. The zero-order valence-corrected chi connectivity index (χ0v) is 13.9. The lowest BCUT2D eigenvalue weighted by molar-refractivity contribution is 0.0832. The Labute approximate surface area is 138 Å². The minimum absolute atomic E-state index is 0.0927. The maximum atomic E-state index is 12.6. The lowest BCUT2D eigenvalue weighted by atomic mass is 10.1. The topological polar surface area (TPSA) is 68.3 Å². The van der Waals surface area contributed by atoms with E-state index in [1.165, 1.54) is 0 Å². The van der Waals surface area contributed by atoms with Gasteiger partial charge in [-0.1, -0.05) is 41.4 Å². The van der Waals surface area contributed by atoms with Crippen LogP contribution in [0.1, 0.15) is 12.8 Å². The lowest BCUT2D eigenvalue weighted by Gasteiger charge is -2.23. The largest absolute Gasteiger partial charge is 0.381 e. The normalized spacial score (nSPS) is 17.0. The first-order valence-corrected chi connectivity index (χ1v) is 9.07. The molecule has 0 saturated carbocycles. The third-order valence-corrected chi connectivity index (χ3v) is 6.03. The van der Waals surface area contributed by atoms with Crippen LogP contribution in [0.15, 0.2) is 29.2 Å². The predicted molar refractivity (Wildman–Crippen MR) is 85.9 cm³/mol. The van der Waals surface area contributed by atoms with Crippen molar-refractivity contribution in [2.45, 2.75) is 23.8 Å². The van der Waals surface area contributed by atoms with Gasteiger partial charge in [-0.25, -0.2) is 18.1 Å². The van der Waals surface area contributed by atoms with Crippen molar-refractivity contribution < 1.29 is 13.2 Å². The van der Waals surface area contributed by atoms with Gasteiger partial charge in [-0.2, -0.15) is 0 Å². The first-order valence-electron chi connectivity index (χ1n) is 6.83. The number of benzene rings is 1. The van der Waals surface area contributed by atoms with Gasteiger partial charge >= 0.3 is 0 Å². The molecule has 0 atom stereocenters. The smallest absolute Gasteiger partial charge is 0.245 e. The summed E-state index contributed by atoms with van der Waals surface area (Å²) in [6, 6.07) is 6.82. The summed E-state index contributed by atoms with van der Waals surface area (Å²) in [5, 5.41) is 0.527. The molecule has 1 N–H and O–H groups in total. The lowest BCUT2D eigenvalue weighted by Crippen LogP contribution is -2.39. The number of ether oxygens (including phenoxy) is 1. The molecule has 0 aliphatic carbocycles. The molecule has 0 amide bonds. The Morgan fingerprint density at radius 2 is 1.86 bits per heavy atom. The summed E-state index contributed by atoms with van der Waals surface area (Å²) in [4.78, 5) is 3.97. The van der Waals surface area contributed by atoms with Crippen LogP contribution >= 0.6 is 23.2 Å². The number of halogens is 2. The van der Waals surface area contributed by atoms with Gasteiger partial charge in [0.05, 0.1) is 10.5 Å². The van der Waals surface area contributed by atoms with Crippen molar-refractivity contribution in [2.75, 3.05) is 13.2 Å². The molecule has 0 unspecified atom stereocenters. The van der Waals surface area contributed by atoms with E-state index in [1.807, 2.05) is 0 Å². The molecule has 3 rings (SSSR count). The fraction of sp³-hybridized carbons (Fsp3) is 0.357. The number of para-hydroxylation sites is 1. The van der Waals surface area contributed by atoms with E-state index >= 15 is 0 Å². The SMILES string of the molecule is O=S(=O)(NC1CCOCC1)c1c(Cl)nc2ccccc2c1Cl. The van der Waals surface area contributed by atoms with Crippen molar-refractivity contribution in [3.05, 3.63) is 34.4 Å². The Morgan fingerprint density at radius 3 is 2.59 bits per heavy atom. The van der Waals surface area contributed by atoms with Gasteiger partial charge in [0.15, 0.2) is 5.15 Å². The highest BCUT2D eigenvalue weighted by Gasteiger charge is 2.28. The summed E-state index contributed by atoms with van der Waals surface area (Å²) in [5.41, 5.74) is 0.558. The fourth-order valence-electron chi connectivity index (χ4n) is 2.45. The number of hydrogen-bond donors (Lipinski definition) is 1. The molecule has 2 aromatic rings. The molecular formula is C14H14Cl2N2O3S. The average Bonchev–Trinajstić information content (AvgIpc) is 2.47. The molecule has 1 aliphatic rings. The van der Waals surface area contributed by atoms with Gasteiger partial charge in [0.2, 0.25) is 10.0 Å².